The van der Waals surface area contributed by atoms with Crippen molar-refractivity contribution in [2.45, 2.75) is 17.6 Å². The van der Waals surface area contributed by atoms with Gasteiger partial charge in [0.1, 0.15) is 6.33 Å². The van der Waals surface area contributed by atoms with E-state index in [1.165, 1.54) is 30.5 Å². The Labute approximate surface area is 204 Å². The fraction of sp³-hybridized carbons (Fsp3) is 0.200. The third-order valence-corrected chi connectivity index (χ3v) is 5.62. The molecule has 0 atom stereocenters. The number of nitrogens with two attached hydrogens (primary N) is 1. The highest BCUT2D eigenvalue weighted by molar-refractivity contribution is 7.90. The molecule has 0 radical (unpaired) electrons. The summed E-state index contributed by atoms with van der Waals surface area (Å²) in [6.07, 6.45) is -3.75. The molecule has 0 aliphatic heterocycles. The zero-order valence-corrected chi connectivity index (χ0v) is 19.4. The van der Waals surface area contributed by atoms with Gasteiger partial charge in [0.15, 0.2) is 21.5 Å². The Balaban J connectivity index is 0.000000604. The molecular formula is C20H17F6N5O5S. The second kappa shape index (κ2) is 11.4. The maximum atomic E-state index is 14.6. The summed E-state index contributed by atoms with van der Waals surface area (Å²) >= 11 is 0. The molecule has 10 nitrogen and oxygen atoms in total. The van der Waals surface area contributed by atoms with Crippen LogP contribution in [0.25, 0.3) is 16.9 Å². The molecular weight excluding hydrogens is 536 g/mol. The lowest BCUT2D eigenvalue weighted by molar-refractivity contribution is -0.192. The van der Waals surface area contributed by atoms with E-state index in [9.17, 15) is 39.6 Å². The smallest absolute Gasteiger partial charge is 0.475 e. The lowest BCUT2D eigenvalue weighted by Crippen LogP contribution is -2.27. The molecule has 200 valence electrons. The van der Waals surface area contributed by atoms with Gasteiger partial charge in [-0.1, -0.05) is 12.1 Å². The first kappa shape index (κ1) is 29.2. The second-order valence-corrected chi connectivity index (χ2v) is 9.15. The summed E-state index contributed by atoms with van der Waals surface area (Å²) in [6.45, 7) is -0.988. The van der Waals surface area contributed by atoms with Crippen LogP contribution in [0.2, 0.25) is 0 Å². The van der Waals surface area contributed by atoms with Gasteiger partial charge < -0.3 is 10.8 Å². The summed E-state index contributed by atoms with van der Waals surface area (Å²) in [5.74, 6) is -3.97. The number of carboxylic acids is 1. The van der Waals surface area contributed by atoms with E-state index in [1.54, 1.807) is 0 Å². The maximum Gasteiger partial charge on any atom is 0.490 e. The van der Waals surface area contributed by atoms with Gasteiger partial charge in [-0.2, -0.15) is 27.1 Å². The van der Waals surface area contributed by atoms with Crippen molar-refractivity contribution < 1.29 is 44.7 Å². The lowest BCUT2D eigenvalue weighted by Gasteiger charge is -2.06. The number of aliphatic carboxylic acids is 1. The number of benzene rings is 1. The molecule has 0 saturated carbocycles. The first-order valence-electron chi connectivity index (χ1n) is 9.70. The predicted molar refractivity (Wildman–Crippen MR) is 116 cm³/mol. The highest BCUT2D eigenvalue weighted by Gasteiger charge is 2.38. The molecule has 3 aromatic rings. The highest BCUT2D eigenvalue weighted by Crippen LogP contribution is 2.23. The van der Waals surface area contributed by atoms with Crippen LogP contribution in [0.5, 0.6) is 0 Å². The van der Waals surface area contributed by atoms with Crippen molar-refractivity contribution in [3.63, 3.8) is 0 Å². The molecule has 2 aromatic heterocycles. The normalized spacial score (nSPS) is 11.5. The van der Waals surface area contributed by atoms with E-state index in [1.807, 2.05) is 0 Å². The Hall–Kier alpha value is -3.99. The topological polar surface area (TPSA) is 150 Å². The molecule has 0 aliphatic rings. The first-order valence-corrected chi connectivity index (χ1v) is 11.6. The molecule has 3 N–H and O–H groups in total. The van der Waals surface area contributed by atoms with Gasteiger partial charge in [0.25, 0.3) is 6.08 Å². The monoisotopic (exact) mass is 553 g/mol. The van der Waals surface area contributed by atoms with Crippen LogP contribution in [0.15, 0.2) is 64.2 Å². The molecule has 3 rings (SSSR count). The average Bonchev–Trinajstić information content (AvgIpc) is 3.16. The zero-order chi connectivity index (χ0) is 28.1. The van der Waals surface area contributed by atoms with E-state index < -0.39 is 58.2 Å². The van der Waals surface area contributed by atoms with Crippen molar-refractivity contribution in [3.05, 3.63) is 70.8 Å². The van der Waals surface area contributed by atoms with Crippen LogP contribution >= 0.6 is 0 Å². The van der Waals surface area contributed by atoms with E-state index >= 15 is 0 Å². The Bertz CT molecular complexity index is 1480. The van der Waals surface area contributed by atoms with Crippen molar-refractivity contribution in [1.29, 1.82) is 0 Å². The number of halogens is 6. The number of rotatable bonds is 6. The van der Waals surface area contributed by atoms with Gasteiger partial charge >= 0.3 is 17.8 Å². The van der Waals surface area contributed by atoms with Crippen LogP contribution in [0.4, 0.5) is 26.3 Å². The molecule has 0 saturated heterocycles. The quantitative estimate of drug-likeness (QED) is 0.442. The summed E-state index contributed by atoms with van der Waals surface area (Å²) in [7, 11) is -3.37. The Kier molecular flexibility index (Phi) is 8.99. The van der Waals surface area contributed by atoms with Gasteiger partial charge in [-0.15, -0.1) is 0 Å². The van der Waals surface area contributed by atoms with Crippen molar-refractivity contribution in [2.75, 3.05) is 12.8 Å². The molecule has 17 heteroatoms. The Morgan fingerprint density at radius 1 is 1.14 bits per heavy atom. The number of carbonyl (C=O) groups is 1. The molecule has 0 aliphatic carbocycles. The predicted octanol–water partition coefficient (Wildman–Crippen LogP) is 2.38. The van der Waals surface area contributed by atoms with Crippen LogP contribution in [-0.2, 0) is 21.2 Å². The molecule has 0 spiro atoms. The fourth-order valence-corrected chi connectivity index (χ4v) is 3.26. The molecule has 2 heterocycles. The maximum absolute atomic E-state index is 14.6. The fourth-order valence-electron chi connectivity index (χ4n) is 2.63. The lowest BCUT2D eigenvalue weighted by atomic mass is 10.1. The molecule has 1 aromatic carbocycles. The van der Waals surface area contributed by atoms with Crippen LogP contribution in [0.3, 0.4) is 0 Å². The van der Waals surface area contributed by atoms with Gasteiger partial charge in [-0.05, 0) is 23.8 Å². The minimum atomic E-state index is -5.08. The largest absolute Gasteiger partial charge is 0.490 e. The van der Waals surface area contributed by atoms with Gasteiger partial charge in [-0.3, -0.25) is 0 Å². The first-order chi connectivity index (χ1) is 17.1. The van der Waals surface area contributed by atoms with Crippen molar-refractivity contribution in [3.8, 4) is 16.9 Å². The van der Waals surface area contributed by atoms with E-state index in [0.717, 1.165) is 27.9 Å². The van der Waals surface area contributed by atoms with Crippen molar-refractivity contribution in [1.82, 2.24) is 19.3 Å². The van der Waals surface area contributed by atoms with Crippen LogP contribution in [0, 0.1) is 5.82 Å². The summed E-state index contributed by atoms with van der Waals surface area (Å²) in [6, 6.07) is 6.90. The van der Waals surface area contributed by atoms with Gasteiger partial charge in [0.05, 0.1) is 11.4 Å². The molecule has 0 amide bonds. The number of aromatic nitrogens is 4. The summed E-state index contributed by atoms with van der Waals surface area (Å²) < 4.78 is 96.4. The standard InChI is InChI=1S/C18H16F3N5O3S.C2HF3O2/c1-30(28,29)14-4-2-11(3-5-14)12-6-15(19)17(23-8-12)25-10-24-26(18(25)27)9-13(7-22)16(20)21;3-2(4,5)1(6)7/h2-6,8,10H,7,9,22H2,1H3;(H,6,7). The SMILES string of the molecule is CS(=O)(=O)c1ccc(-c2cnc(-n3cnn(CC(CN)=C(F)F)c3=O)c(F)c2)cc1.O=C(O)C(F)(F)F. The Morgan fingerprint density at radius 3 is 2.14 bits per heavy atom. The number of pyridine rings is 1. The number of alkyl halides is 3. The van der Waals surface area contributed by atoms with E-state index in [-0.39, 0.29) is 10.7 Å². The third kappa shape index (κ3) is 7.50. The average molecular weight is 553 g/mol. The number of hydrogen-bond acceptors (Lipinski definition) is 7. The summed E-state index contributed by atoms with van der Waals surface area (Å²) in [5, 5.41) is 10.8. The summed E-state index contributed by atoms with van der Waals surface area (Å²) in [4.78, 5) is 25.3. The third-order valence-electron chi connectivity index (χ3n) is 4.50. The van der Waals surface area contributed by atoms with E-state index in [4.69, 9.17) is 15.6 Å². The van der Waals surface area contributed by atoms with Crippen molar-refractivity contribution >= 4 is 15.8 Å². The van der Waals surface area contributed by atoms with E-state index in [2.05, 4.69) is 10.1 Å². The van der Waals surface area contributed by atoms with Crippen LogP contribution in [0.1, 0.15) is 0 Å². The number of nitrogens with zero attached hydrogens (tertiary/aromatic N) is 4. The van der Waals surface area contributed by atoms with E-state index in [0.29, 0.717) is 11.1 Å². The summed E-state index contributed by atoms with van der Waals surface area (Å²) in [5.41, 5.74) is 4.76. The van der Waals surface area contributed by atoms with Crippen LogP contribution in [-0.4, -0.2) is 57.8 Å². The Morgan fingerprint density at radius 2 is 1.70 bits per heavy atom. The molecule has 0 fully saturated rings. The highest BCUT2D eigenvalue weighted by atomic mass is 32.2. The number of hydrogen-bond donors (Lipinski definition) is 2. The van der Waals surface area contributed by atoms with Gasteiger partial charge in [0, 0.05) is 30.1 Å². The van der Waals surface area contributed by atoms with Gasteiger partial charge in [0.2, 0.25) is 0 Å². The van der Waals surface area contributed by atoms with Gasteiger partial charge in [-0.25, -0.2) is 36.6 Å². The molecule has 0 bridgehead atoms. The van der Waals surface area contributed by atoms with Crippen LogP contribution < -0.4 is 11.4 Å². The molecule has 0 unspecified atom stereocenters. The minimum absolute atomic E-state index is 0.117. The second-order valence-electron chi connectivity index (χ2n) is 7.14. The van der Waals surface area contributed by atoms with Crippen molar-refractivity contribution in [2.24, 2.45) is 5.73 Å². The number of carboxylic acid groups (broad SMARTS) is 1. The zero-order valence-electron chi connectivity index (χ0n) is 18.6. The minimum Gasteiger partial charge on any atom is -0.475 e. The number of sulfone groups is 1. The molecule has 37 heavy (non-hydrogen) atoms.